The van der Waals surface area contributed by atoms with Gasteiger partial charge in [-0.3, -0.25) is 19.2 Å². The van der Waals surface area contributed by atoms with Crippen LogP contribution in [0.4, 0.5) is 0 Å². The summed E-state index contributed by atoms with van der Waals surface area (Å²) in [5.41, 5.74) is 10.2. The zero-order chi connectivity index (χ0) is 13.7. The summed E-state index contributed by atoms with van der Waals surface area (Å²) in [4.78, 5) is 42.9. The summed E-state index contributed by atoms with van der Waals surface area (Å²) < 4.78 is 0. The molecule has 0 aliphatic heterocycles. The molecule has 96 valence electrons. The van der Waals surface area contributed by atoms with Crippen LogP contribution in [0.5, 0.6) is 0 Å². The van der Waals surface area contributed by atoms with Crippen molar-refractivity contribution in [1.82, 2.24) is 0 Å². The van der Waals surface area contributed by atoms with Gasteiger partial charge in [-0.2, -0.15) is 0 Å². The van der Waals surface area contributed by atoms with E-state index >= 15 is 0 Å². The maximum atomic E-state index is 11.5. The molecule has 0 aromatic heterocycles. The van der Waals surface area contributed by atoms with Crippen LogP contribution in [-0.4, -0.2) is 51.1 Å². The number of nitrogens with two attached hydrogens (primary N) is 2. The standard InChI is InChI=1S/C8H12N2O7/c9-2(1-3(11)12)6(13)4(7(14)15)5(10)8(16)17/h2,4-5H,1,9-10H2,(H,11,12)(H,14,15)(H,16,17)/t2-,4?,5-/m0/s1. The molecule has 0 aliphatic rings. The highest BCUT2D eigenvalue weighted by molar-refractivity contribution is 6.05. The maximum absolute atomic E-state index is 11.5. The van der Waals surface area contributed by atoms with E-state index in [4.69, 9.17) is 26.8 Å². The van der Waals surface area contributed by atoms with Gasteiger partial charge in [-0.25, -0.2) is 0 Å². The monoisotopic (exact) mass is 248 g/mol. The largest absolute Gasteiger partial charge is 0.481 e. The highest BCUT2D eigenvalue weighted by atomic mass is 16.4. The van der Waals surface area contributed by atoms with Crippen LogP contribution in [-0.2, 0) is 19.2 Å². The molecule has 17 heavy (non-hydrogen) atoms. The average molecular weight is 248 g/mol. The average Bonchev–Trinajstić information content (AvgIpc) is 2.15. The van der Waals surface area contributed by atoms with E-state index < -0.39 is 48.1 Å². The van der Waals surface area contributed by atoms with Gasteiger partial charge < -0.3 is 26.8 Å². The molecule has 0 heterocycles. The van der Waals surface area contributed by atoms with Crippen LogP contribution in [0.2, 0.25) is 0 Å². The van der Waals surface area contributed by atoms with Crippen molar-refractivity contribution in [3.8, 4) is 0 Å². The lowest BCUT2D eigenvalue weighted by molar-refractivity contribution is -0.154. The van der Waals surface area contributed by atoms with Gasteiger partial charge in [0.15, 0.2) is 5.78 Å². The minimum Gasteiger partial charge on any atom is -0.481 e. The van der Waals surface area contributed by atoms with E-state index in [0.29, 0.717) is 0 Å². The Hall–Kier alpha value is -2.00. The molecular formula is C8H12N2O7. The van der Waals surface area contributed by atoms with Crippen LogP contribution in [0, 0.1) is 5.92 Å². The highest BCUT2D eigenvalue weighted by Gasteiger charge is 2.39. The van der Waals surface area contributed by atoms with Crippen molar-refractivity contribution in [2.24, 2.45) is 17.4 Å². The van der Waals surface area contributed by atoms with Crippen LogP contribution in [0.15, 0.2) is 0 Å². The summed E-state index contributed by atoms with van der Waals surface area (Å²) in [5, 5.41) is 25.6. The van der Waals surface area contributed by atoms with Gasteiger partial charge in [0.2, 0.25) is 0 Å². The number of rotatable bonds is 7. The van der Waals surface area contributed by atoms with E-state index in [1.54, 1.807) is 0 Å². The van der Waals surface area contributed by atoms with Gasteiger partial charge in [-0.15, -0.1) is 0 Å². The number of hydrogen-bond donors (Lipinski definition) is 5. The smallest absolute Gasteiger partial charge is 0.321 e. The normalized spacial score (nSPS) is 15.6. The Kier molecular flexibility index (Phi) is 5.22. The molecule has 0 aliphatic carbocycles. The zero-order valence-corrected chi connectivity index (χ0v) is 8.57. The predicted octanol–water partition coefficient (Wildman–Crippen LogP) is -2.53. The van der Waals surface area contributed by atoms with Crippen molar-refractivity contribution in [3.63, 3.8) is 0 Å². The van der Waals surface area contributed by atoms with Crippen molar-refractivity contribution < 1.29 is 34.5 Å². The topological polar surface area (TPSA) is 181 Å². The molecule has 7 N–H and O–H groups in total. The third kappa shape index (κ3) is 4.17. The summed E-state index contributed by atoms with van der Waals surface area (Å²) in [6.45, 7) is 0. The minimum atomic E-state index is -2.07. The molecule has 9 heteroatoms. The number of carbonyl (C=O) groups excluding carboxylic acids is 1. The molecule has 0 bridgehead atoms. The maximum Gasteiger partial charge on any atom is 0.321 e. The summed E-state index contributed by atoms with van der Waals surface area (Å²) in [7, 11) is 0. The SMILES string of the molecule is N[C@H](C(=O)O)C(C(=O)O)C(=O)[C@@H](N)CC(=O)O. The van der Waals surface area contributed by atoms with Crippen molar-refractivity contribution in [2.75, 3.05) is 0 Å². The Labute approximate surface area is 95.0 Å². The molecule has 0 aromatic rings. The Balaban J connectivity index is 4.95. The van der Waals surface area contributed by atoms with Crippen LogP contribution in [0.3, 0.4) is 0 Å². The van der Waals surface area contributed by atoms with Crippen LogP contribution in [0.1, 0.15) is 6.42 Å². The van der Waals surface area contributed by atoms with Crippen LogP contribution in [0.25, 0.3) is 0 Å². The molecule has 0 aromatic carbocycles. The highest BCUT2D eigenvalue weighted by Crippen LogP contribution is 2.09. The fourth-order valence-corrected chi connectivity index (χ4v) is 1.11. The van der Waals surface area contributed by atoms with E-state index in [1.807, 2.05) is 0 Å². The van der Waals surface area contributed by atoms with Crippen molar-refractivity contribution in [1.29, 1.82) is 0 Å². The Morgan fingerprint density at radius 3 is 1.71 bits per heavy atom. The summed E-state index contributed by atoms with van der Waals surface area (Å²) in [6.07, 6.45) is -0.797. The van der Waals surface area contributed by atoms with E-state index in [2.05, 4.69) is 0 Å². The van der Waals surface area contributed by atoms with E-state index in [9.17, 15) is 19.2 Å². The van der Waals surface area contributed by atoms with Crippen molar-refractivity contribution >= 4 is 23.7 Å². The van der Waals surface area contributed by atoms with Gasteiger partial charge in [-0.1, -0.05) is 0 Å². The van der Waals surface area contributed by atoms with E-state index in [-0.39, 0.29) is 0 Å². The molecule has 0 radical (unpaired) electrons. The predicted molar refractivity (Wildman–Crippen MR) is 52.0 cm³/mol. The fraction of sp³-hybridized carbons (Fsp3) is 0.500. The summed E-state index contributed by atoms with van der Waals surface area (Å²) in [5.74, 6) is -8.14. The molecule has 0 saturated heterocycles. The lowest BCUT2D eigenvalue weighted by Crippen LogP contribution is -2.51. The second-order valence-electron chi connectivity index (χ2n) is 3.29. The lowest BCUT2D eigenvalue weighted by Gasteiger charge is -2.18. The van der Waals surface area contributed by atoms with Gasteiger partial charge in [-0.05, 0) is 0 Å². The van der Waals surface area contributed by atoms with Gasteiger partial charge in [0, 0.05) is 0 Å². The quantitative estimate of drug-likeness (QED) is 0.303. The molecule has 9 nitrogen and oxygen atoms in total. The van der Waals surface area contributed by atoms with E-state index in [1.165, 1.54) is 0 Å². The van der Waals surface area contributed by atoms with Gasteiger partial charge in [0.05, 0.1) is 12.5 Å². The van der Waals surface area contributed by atoms with Gasteiger partial charge in [0.1, 0.15) is 12.0 Å². The molecule has 0 spiro atoms. The van der Waals surface area contributed by atoms with Crippen LogP contribution >= 0.6 is 0 Å². The number of hydrogen-bond acceptors (Lipinski definition) is 6. The number of Topliss-reactive ketones (excluding diaryl/α,β-unsaturated/α-hetero) is 1. The molecule has 1 unspecified atom stereocenters. The molecule has 0 saturated carbocycles. The Morgan fingerprint density at radius 2 is 1.41 bits per heavy atom. The third-order valence-corrected chi connectivity index (χ3v) is 1.98. The van der Waals surface area contributed by atoms with Crippen molar-refractivity contribution in [3.05, 3.63) is 0 Å². The second-order valence-corrected chi connectivity index (χ2v) is 3.29. The first-order valence-electron chi connectivity index (χ1n) is 4.40. The summed E-state index contributed by atoms with van der Waals surface area (Å²) in [6, 6.07) is -3.58. The first-order valence-corrected chi connectivity index (χ1v) is 4.40. The third-order valence-electron chi connectivity index (χ3n) is 1.98. The number of carboxylic acids is 3. The number of carbonyl (C=O) groups is 4. The number of ketones is 1. The van der Waals surface area contributed by atoms with E-state index in [0.717, 1.165) is 0 Å². The number of carboxylic acid groups (broad SMARTS) is 3. The number of aliphatic carboxylic acids is 3. The second kappa shape index (κ2) is 5.92. The molecular weight excluding hydrogens is 236 g/mol. The lowest BCUT2D eigenvalue weighted by atomic mass is 9.90. The fourth-order valence-electron chi connectivity index (χ4n) is 1.11. The zero-order valence-electron chi connectivity index (χ0n) is 8.57. The first kappa shape index (κ1) is 15.0. The Bertz CT molecular complexity index is 354. The van der Waals surface area contributed by atoms with Gasteiger partial charge in [0.25, 0.3) is 0 Å². The molecule has 0 amide bonds. The molecule has 3 atom stereocenters. The first-order chi connectivity index (χ1) is 7.68. The minimum absolute atomic E-state index is 0.797. The molecule has 0 fully saturated rings. The summed E-state index contributed by atoms with van der Waals surface area (Å²) >= 11 is 0. The Morgan fingerprint density at radius 1 is 0.941 bits per heavy atom. The molecule has 0 rings (SSSR count). The van der Waals surface area contributed by atoms with Gasteiger partial charge >= 0.3 is 17.9 Å². The van der Waals surface area contributed by atoms with Crippen molar-refractivity contribution in [2.45, 2.75) is 18.5 Å². The van der Waals surface area contributed by atoms with Crippen LogP contribution < -0.4 is 11.5 Å².